The van der Waals surface area contributed by atoms with E-state index in [0.717, 1.165) is 42.4 Å². The Kier molecular flexibility index (Phi) is 3.25. The van der Waals surface area contributed by atoms with E-state index in [1.807, 2.05) is 42.1 Å². The third kappa shape index (κ3) is 2.36. The summed E-state index contributed by atoms with van der Waals surface area (Å²) in [6.07, 6.45) is 4.17. The Hall–Kier alpha value is -1.81. The van der Waals surface area contributed by atoms with Crippen molar-refractivity contribution in [2.45, 2.75) is 18.9 Å². The van der Waals surface area contributed by atoms with Gasteiger partial charge in [0.05, 0.1) is 11.1 Å². The number of piperidine rings is 1. The van der Waals surface area contributed by atoms with Gasteiger partial charge in [0.2, 0.25) is 0 Å². The molecule has 0 spiro atoms. The van der Waals surface area contributed by atoms with Crippen LogP contribution in [0.25, 0.3) is 10.9 Å². The second-order valence-corrected chi connectivity index (χ2v) is 5.19. The molecule has 2 N–H and O–H groups in total. The van der Waals surface area contributed by atoms with E-state index in [4.69, 9.17) is 0 Å². The van der Waals surface area contributed by atoms with Gasteiger partial charge in [-0.1, -0.05) is 12.1 Å². The zero-order chi connectivity index (χ0) is 13.2. The molecule has 0 aliphatic carbocycles. The molecular weight excluding hydrogens is 238 g/mol. The maximum absolute atomic E-state index is 12.4. The first-order valence-electron chi connectivity index (χ1n) is 6.81. The monoisotopic (exact) mass is 257 g/mol. The van der Waals surface area contributed by atoms with Crippen molar-refractivity contribution in [1.29, 1.82) is 0 Å². The highest BCUT2D eigenvalue weighted by Gasteiger charge is 2.18. The van der Waals surface area contributed by atoms with Crippen molar-refractivity contribution in [3.05, 3.63) is 36.0 Å². The molecule has 0 saturated carbocycles. The first-order chi connectivity index (χ1) is 9.25. The molecule has 1 atom stereocenters. The largest absolute Gasteiger partial charge is 0.350 e. The summed E-state index contributed by atoms with van der Waals surface area (Å²) < 4.78 is 2.00. The fourth-order valence-electron chi connectivity index (χ4n) is 2.78. The van der Waals surface area contributed by atoms with E-state index >= 15 is 0 Å². The zero-order valence-electron chi connectivity index (χ0n) is 11.1. The lowest BCUT2D eigenvalue weighted by molar-refractivity contribution is 0.0932. The number of nitrogens with zero attached hydrogens (tertiary/aromatic N) is 1. The Morgan fingerprint density at radius 1 is 1.42 bits per heavy atom. The summed E-state index contributed by atoms with van der Waals surface area (Å²) in [7, 11) is 1.97. The third-order valence-electron chi connectivity index (χ3n) is 3.77. The van der Waals surface area contributed by atoms with Gasteiger partial charge in [-0.2, -0.15) is 0 Å². The molecule has 1 aromatic heterocycles. The number of aromatic nitrogens is 1. The van der Waals surface area contributed by atoms with Crippen LogP contribution in [0.3, 0.4) is 0 Å². The average molecular weight is 257 g/mol. The lowest BCUT2D eigenvalue weighted by Crippen LogP contribution is -2.45. The summed E-state index contributed by atoms with van der Waals surface area (Å²) in [6.45, 7) is 1.93. The van der Waals surface area contributed by atoms with Gasteiger partial charge in [0.15, 0.2) is 0 Å². The fourth-order valence-corrected chi connectivity index (χ4v) is 2.78. The van der Waals surface area contributed by atoms with E-state index in [2.05, 4.69) is 10.6 Å². The van der Waals surface area contributed by atoms with Crippen LogP contribution >= 0.6 is 0 Å². The number of aryl methyl sites for hydroxylation is 1. The maximum Gasteiger partial charge on any atom is 0.253 e. The molecular formula is C15H19N3O. The Morgan fingerprint density at radius 2 is 2.32 bits per heavy atom. The van der Waals surface area contributed by atoms with Gasteiger partial charge in [-0.25, -0.2) is 0 Å². The van der Waals surface area contributed by atoms with E-state index in [0.29, 0.717) is 0 Å². The maximum atomic E-state index is 12.4. The highest BCUT2D eigenvalue weighted by atomic mass is 16.1. The van der Waals surface area contributed by atoms with Crippen molar-refractivity contribution in [1.82, 2.24) is 15.2 Å². The van der Waals surface area contributed by atoms with Gasteiger partial charge in [0.25, 0.3) is 5.91 Å². The van der Waals surface area contributed by atoms with Gasteiger partial charge in [-0.3, -0.25) is 4.79 Å². The highest BCUT2D eigenvalue weighted by molar-refractivity contribution is 6.06. The second kappa shape index (κ2) is 5.05. The van der Waals surface area contributed by atoms with Gasteiger partial charge in [0.1, 0.15) is 0 Å². The van der Waals surface area contributed by atoms with Gasteiger partial charge in [-0.15, -0.1) is 0 Å². The molecule has 2 heterocycles. The van der Waals surface area contributed by atoms with Crippen LogP contribution in [0.2, 0.25) is 0 Å². The standard InChI is InChI=1S/C15H19N3O/c1-18-9-7-11-4-2-6-13(14(11)18)15(19)17-12-5-3-8-16-10-12/h2,4,6-7,9,12,16H,3,5,8,10H2,1H3,(H,17,19). The van der Waals surface area contributed by atoms with Crippen molar-refractivity contribution in [3.8, 4) is 0 Å². The Bertz CT molecular complexity index is 596. The lowest BCUT2D eigenvalue weighted by atomic mass is 10.1. The van der Waals surface area contributed by atoms with E-state index in [-0.39, 0.29) is 11.9 Å². The van der Waals surface area contributed by atoms with Crippen LogP contribution < -0.4 is 10.6 Å². The van der Waals surface area contributed by atoms with Crippen molar-refractivity contribution in [2.75, 3.05) is 13.1 Å². The van der Waals surface area contributed by atoms with Crippen molar-refractivity contribution in [2.24, 2.45) is 7.05 Å². The predicted octanol–water partition coefficient (Wildman–Crippen LogP) is 1.66. The summed E-state index contributed by atoms with van der Waals surface area (Å²) in [5, 5.41) is 7.55. The SMILES string of the molecule is Cn1ccc2cccc(C(=O)NC3CCCNC3)c21. The topological polar surface area (TPSA) is 46.1 Å². The number of carbonyl (C=O) groups is 1. The fraction of sp³-hybridized carbons (Fsp3) is 0.400. The Balaban J connectivity index is 1.86. The number of benzene rings is 1. The van der Waals surface area contributed by atoms with Crippen molar-refractivity contribution in [3.63, 3.8) is 0 Å². The number of hydrogen-bond acceptors (Lipinski definition) is 2. The van der Waals surface area contributed by atoms with Crippen molar-refractivity contribution < 1.29 is 4.79 Å². The Morgan fingerprint density at radius 3 is 3.11 bits per heavy atom. The molecule has 1 aromatic carbocycles. The van der Waals surface area contributed by atoms with E-state index < -0.39 is 0 Å². The highest BCUT2D eigenvalue weighted by Crippen LogP contribution is 2.19. The molecule has 1 aliphatic heterocycles. The normalized spacial score (nSPS) is 19.5. The van der Waals surface area contributed by atoms with E-state index in [1.54, 1.807) is 0 Å². The molecule has 1 unspecified atom stereocenters. The molecule has 4 heteroatoms. The minimum atomic E-state index is 0.0288. The van der Waals surface area contributed by atoms with Crippen LogP contribution in [0.5, 0.6) is 0 Å². The summed E-state index contributed by atoms with van der Waals surface area (Å²) in [4.78, 5) is 12.4. The smallest absolute Gasteiger partial charge is 0.253 e. The number of fused-ring (bicyclic) bond motifs is 1. The van der Waals surface area contributed by atoms with Gasteiger partial charge in [0, 0.05) is 31.2 Å². The third-order valence-corrected chi connectivity index (χ3v) is 3.77. The van der Waals surface area contributed by atoms with Crippen LogP contribution in [-0.2, 0) is 7.05 Å². The van der Waals surface area contributed by atoms with E-state index in [9.17, 15) is 4.79 Å². The van der Waals surface area contributed by atoms with Gasteiger partial charge in [-0.05, 0) is 31.5 Å². The summed E-state index contributed by atoms with van der Waals surface area (Å²) in [6, 6.07) is 8.16. The average Bonchev–Trinajstić information content (AvgIpc) is 2.82. The first-order valence-corrected chi connectivity index (χ1v) is 6.81. The molecule has 1 aliphatic rings. The number of hydrogen-bond donors (Lipinski definition) is 2. The predicted molar refractivity (Wildman–Crippen MR) is 76.3 cm³/mol. The van der Waals surface area contributed by atoms with Crippen LogP contribution in [0.4, 0.5) is 0 Å². The van der Waals surface area contributed by atoms with Gasteiger partial charge >= 0.3 is 0 Å². The molecule has 100 valence electrons. The molecule has 19 heavy (non-hydrogen) atoms. The molecule has 3 rings (SSSR count). The minimum Gasteiger partial charge on any atom is -0.350 e. The molecule has 1 fully saturated rings. The molecule has 2 aromatic rings. The molecule has 0 radical (unpaired) electrons. The summed E-state index contributed by atoms with van der Waals surface area (Å²) in [5.74, 6) is 0.0288. The van der Waals surface area contributed by atoms with Gasteiger partial charge < -0.3 is 15.2 Å². The quantitative estimate of drug-likeness (QED) is 0.859. The number of carbonyl (C=O) groups excluding carboxylic acids is 1. The number of para-hydroxylation sites is 1. The number of nitrogens with one attached hydrogen (secondary N) is 2. The summed E-state index contributed by atoms with van der Waals surface area (Å²) in [5.41, 5.74) is 1.76. The molecule has 1 amide bonds. The number of rotatable bonds is 2. The zero-order valence-corrected chi connectivity index (χ0v) is 11.1. The van der Waals surface area contributed by atoms with Crippen LogP contribution in [0, 0.1) is 0 Å². The van der Waals surface area contributed by atoms with Crippen LogP contribution in [-0.4, -0.2) is 29.6 Å². The van der Waals surface area contributed by atoms with Crippen LogP contribution in [0.1, 0.15) is 23.2 Å². The molecule has 1 saturated heterocycles. The minimum absolute atomic E-state index is 0.0288. The number of amides is 1. The summed E-state index contributed by atoms with van der Waals surface area (Å²) >= 11 is 0. The van der Waals surface area contributed by atoms with Crippen molar-refractivity contribution >= 4 is 16.8 Å². The lowest BCUT2D eigenvalue weighted by Gasteiger charge is -2.24. The van der Waals surface area contributed by atoms with E-state index in [1.165, 1.54) is 0 Å². The molecule has 0 bridgehead atoms. The Labute approximate surface area is 112 Å². The first kappa shape index (κ1) is 12.2. The molecule has 4 nitrogen and oxygen atoms in total. The second-order valence-electron chi connectivity index (χ2n) is 5.19. The van der Waals surface area contributed by atoms with Crippen LogP contribution in [0.15, 0.2) is 30.5 Å².